The van der Waals surface area contributed by atoms with Crippen molar-refractivity contribution in [1.29, 1.82) is 0 Å². The number of hydrogen-bond acceptors (Lipinski definition) is 5. The van der Waals surface area contributed by atoms with Gasteiger partial charge in [0.25, 0.3) is 5.69 Å². The van der Waals surface area contributed by atoms with E-state index in [1.807, 2.05) is 42.2 Å². The van der Waals surface area contributed by atoms with Crippen LogP contribution < -0.4 is 9.80 Å². The molecule has 4 rings (SSSR count). The molecule has 1 aliphatic heterocycles. The molecular formula is C24H27N3O4. The second kappa shape index (κ2) is 8.49. The fraction of sp³-hybridized carbons (Fsp3) is 0.417. The summed E-state index contributed by atoms with van der Waals surface area (Å²) in [5.74, 6) is -0.639. The molecule has 0 aromatic heterocycles. The van der Waals surface area contributed by atoms with E-state index in [0.29, 0.717) is 43.2 Å². The average Bonchev–Trinajstić information content (AvgIpc) is 3.02. The predicted octanol–water partition coefficient (Wildman–Crippen LogP) is 4.55. The standard InChI is InChI=1S/C24H27N3O4/c1-3-25(15-17-7-5-4-6-8-17)21-12-10-18(14-22(21)27(30)31)26-23(28)19-11-9-16(2)13-20(19)24(26)29/h4-8,10,12,14,16,19-20H,3,9,11,13,15H2,1-2H3/t16-,19-,20+/m1/s1. The zero-order valence-corrected chi connectivity index (χ0v) is 17.9. The molecule has 0 bridgehead atoms. The van der Waals surface area contributed by atoms with Crippen molar-refractivity contribution in [3.05, 3.63) is 64.2 Å². The van der Waals surface area contributed by atoms with Crippen molar-refractivity contribution in [3.63, 3.8) is 0 Å². The number of nitro benzene ring substituents is 1. The summed E-state index contributed by atoms with van der Waals surface area (Å²) < 4.78 is 0. The third-order valence-corrected chi connectivity index (χ3v) is 6.54. The van der Waals surface area contributed by atoms with Gasteiger partial charge in [-0.1, -0.05) is 37.3 Å². The number of anilines is 2. The topological polar surface area (TPSA) is 83.8 Å². The highest BCUT2D eigenvalue weighted by molar-refractivity contribution is 6.22. The minimum Gasteiger partial charge on any atom is -0.362 e. The summed E-state index contributed by atoms with van der Waals surface area (Å²) in [5.41, 5.74) is 1.72. The first-order valence-corrected chi connectivity index (χ1v) is 10.9. The zero-order valence-electron chi connectivity index (χ0n) is 17.9. The molecule has 0 spiro atoms. The van der Waals surface area contributed by atoms with Crippen LogP contribution in [0.25, 0.3) is 0 Å². The van der Waals surface area contributed by atoms with Crippen LogP contribution in [0.1, 0.15) is 38.7 Å². The van der Waals surface area contributed by atoms with Crippen LogP contribution in [0.2, 0.25) is 0 Å². The summed E-state index contributed by atoms with van der Waals surface area (Å²) in [5, 5.41) is 11.9. The van der Waals surface area contributed by atoms with Gasteiger partial charge in [0, 0.05) is 19.2 Å². The molecule has 2 aromatic carbocycles. The lowest BCUT2D eigenvalue weighted by Crippen LogP contribution is -2.31. The van der Waals surface area contributed by atoms with Crippen LogP contribution in [0.5, 0.6) is 0 Å². The Morgan fingerprint density at radius 2 is 1.77 bits per heavy atom. The number of amides is 2. The Morgan fingerprint density at radius 3 is 2.45 bits per heavy atom. The van der Waals surface area contributed by atoms with Crippen molar-refractivity contribution in [2.24, 2.45) is 17.8 Å². The van der Waals surface area contributed by atoms with Crippen LogP contribution in [0.4, 0.5) is 17.1 Å². The second-order valence-electron chi connectivity index (χ2n) is 8.57. The number of carbonyl (C=O) groups excluding carboxylic acids is 2. The number of rotatable bonds is 6. The molecule has 1 aliphatic carbocycles. The van der Waals surface area contributed by atoms with Crippen molar-refractivity contribution >= 4 is 28.9 Å². The Labute approximate surface area is 181 Å². The normalized spacial score (nSPS) is 23.0. The second-order valence-corrected chi connectivity index (χ2v) is 8.57. The van der Waals surface area contributed by atoms with Gasteiger partial charge < -0.3 is 4.90 Å². The Morgan fingerprint density at radius 1 is 1.06 bits per heavy atom. The molecule has 2 fully saturated rings. The summed E-state index contributed by atoms with van der Waals surface area (Å²) >= 11 is 0. The molecule has 162 valence electrons. The molecule has 2 aromatic rings. The number of nitro groups is 1. The maximum absolute atomic E-state index is 13.0. The maximum Gasteiger partial charge on any atom is 0.294 e. The summed E-state index contributed by atoms with van der Waals surface area (Å²) in [4.78, 5) is 40.6. The van der Waals surface area contributed by atoms with Crippen molar-refractivity contribution in [2.75, 3.05) is 16.3 Å². The number of fused-ring (bicyclic) bond motifs is 1. The van der Waals surface area contributed by atoms with Gasteiger partial charge in [-0.25, -0.2) is 4.90 Å². The number of benzene rings is 2. The fourth-order valence-corrected chi connectivity index (χ4v) is 4.88. The first-order chi connectivity index (χ1) is 14.9. The highest BCUT2D eigenvalue weighted by Crippen LogP contribution is 2.43. The van der Waals surface area contributed by atoms with Crippen molar-refractivity contribution < 1.29 is 14.5 Å². The van der Waals surface area contributed by atoms with Gasteiger partial charge in [0.2, 0.25) is 11.8 Å². The van der Waals surface area contributed by atoms with Gasteiger partial charge >= 0.3 is 0 Å². The molecule has 2 amide bonds. The molecule has 7 heteroatoms. The van der Waals surface area contributed by atoms with Crippen LogP contribution in [0.3, 0.4) is 0 Å². The van der Waals surface area contributed by atoms with Crippen LogP contribution >= 0.6 is 0 Å². The van der Waals surface area contributed by atoms with Gasteiger partial charge in [-0.3, -0.25) is 19.7 Å². The molecule has 0 N–H and O–H groups in total. The maximum atomic E-state index is 13.0. The van der Waals surface area contributed by atoms with Crippen LogP contribution in [0.15, 0.2) is 48.5 Å². The van der Waals surface area contributed by atoms with E-state index in [1.165, 1.54) is 11.0 Å². The van der Waals surface area contributed by atoms with Gasteiger partial charge in [-0.05, 0) is 49.8 Å². The van der Waals surface area contributed by atoms with Crippen LogP contribution in [0, 0.1) is 27.9 Å². The molecule has 3 atom stereocenters. The van der Waals surface area contributed by atoms with Crippen molar-refractivity contribution in [3.8, 4) is 0 Å². The monoisotopic (exact) mass is 421 g/mol. The minimum atomic E-state index is -0.438. The van der Waals surface area contributed by atoms with Gasteiger partial charge in [0.05, 0.1) is 22.4 Å². The van der Waals surface area contributed by atoms with Gasteiger partial charge in [0.15, 0.2) is 0 Å². The van der Waals surface area contributed by atoms with E-state index in [2.05, 4.69) is 6.92 Å². The molecule has 31 heavy (non-hydrogen) atoms. The van der Waals surface area contributed by atoms with Gasteiger partial charge in [-0.15, -0.1) is 0 Å². The van der Waals surface area contributed by atoms with E-state index in [9.17, 15) is 19.7 Å². The number of hydrogen-bond donors (Lipinski definition) is 0. The Balaban J connectivity index is 1.67. The smallest absolute Gasteiger partial charge is 0.294 e. The van der Waals surface area contributed by atoms with E-state index in [0.717, 1.165) is 12.0 Å². The Kier molecular flexibility index (Phi) is 5.76. The Bertz CT molecular complexity index is 1010. The van der Waals surface area contributed by atoms with Crippen molar-refractivity contribution in [2.45, 2.75) is 39.7 Å². The number of imide groups is 1. The first-order valence-electron chi connectivity index (χ1n) is 10.9. The zero-order chi connectivity index (χ0) is 22.1. The summed E-state index contributed by atoms with van der Waals surface area (Å²) in [6.45, 7) is 5.15. The molecule has 1 heterocycles. The number of carbonyl (C=O) groups is 2. The third-order valence-electron chi connectivity index (χ3n) is 6.54. The summed E-state index contributed by atoms with van der Waals surface area (Å²) in [7, 11) is 0. The lowest BCUT2D eigenvalue weighted by Gasteiger charge is -2.25. The molecule has 0 unspecified atom stereocenters. The lowest BCUT2D eigenvalue weighted by atomic mass is 9.76. The summed E-state index contributed by atoms with van der Waals surface area (Å²) in [6, 6.07) is 14.5. The quantitative estimate of drug-likeness (QED) is 0.388. The van der Waals surface area contributed by atoms with Gasteiger partial charge in [-0.2, -0.15) is 0 Å². The minimum absolute atomic E-state index is 0.0980. The first kappa shape index (κ1) is 21.0. The molecule has 7 nitrogen and oxygen atoms in total. The van der Waals surface area contributed by atoms with Crippen LogP contribution in [-0.4, -0.2) is 23.3 Å². The van der Waals surface area contributed by atoms with Gasteiger partial charge in [0.1, 0.15) is 5.69 Å². The highest BCUT2D eigenvalue weighted by Gasteiger charge is 2.50. The SMILES string of the molecule is CCN(Cc1ccccc1)c1ccc(N2C(=O)[C@H]3C[C@H](C)CC[C@H]3C2=O)cc1[N+](=O)[O-]. The molecule has 1 saturated carbocycles. The predicted molar refractivity (Wildman–Crippen MR) is 119 cm³/mol. The van der Waals surface area contributed by atoms with Crippen molar-refractivity contribution in [1.82, 2.24) is 0 Å². The van der Waals surface area contributed by atoms with E-state index in [1.54, 1.807) is 12.1 Å². The van der Waals surface area contributed by atoms with Crippen LogP contribution in [-0.2, 0) is 16.1 Å². The van der Waals surface area contributed by atoms with E-state index in [-0.39, 0.29) is 29.3 Å². The highest BCUT2D eigenvalue weighted by atomic mass is 16.6. The largest absolute Gasteiger partial charge is 0.362 e. The van der Waals surface area contributed by atoms with E-state index < -0.39 is 4.92 Å². The average molecular weight is 421 g/mol. The fourth-order valence-electron chi connectivity index (χ4n) is 4.88. The Hall–Kier alpha value is -3.22. The van der Waals surface area contributed by atoms with E-state index in [4.69, 9.17) is 0 Å². The third kappa shape index (κ3) is 3.92. The summed E-state index contributed by atoms with van der Waals surface area (Å²) in [6.07, 6.45) is 2.33. The molecule has 2 aliphatic rings. The van der Waals surface area contributed by atoms with E-state index >= 15 is 0 Å². The molecule has 1 saturated heterocycles. The lowest BCUT2D eigenvalue weighted by molar-refractivity contribution is -0.384. The number of nitrogens with zero attached hydrogens (tertiary/aromatic N) is 3. The molecule has 0 radical (unpaired) electrons. The molecular weight excluding hydrogens is 394 g/mol.